The SMILES string of the molecule is CCn1ccc(C(=O)NC[C@@H](c2ccc(Cl)cc2)N2CCCC2)n1. The molecular weight excluding hydrogens is 324 g/mol. The summed E-state index contributed by atoms with van der Waals surface area (Å²) in [5.41, 5.74) is 1.65. The number of hydrogen-bond acceptors (Lipinski definition) is 3. The molecule has 6 heteroatoms. The van der Waals surface area contributed by atoms with E-state index in [9.17, 15) is 4.79 Å². The molecule has 0 spiro atoms. The summed E-state index contributed by atoms with van der Waals surface area (Å²) in [6, 6.07) is 9.83. The van der Waals surface area contributed by atoms with Crippen molar-refractivity contribution in [3.8, 4) is 0 Å². The first-order valence-electron chi connectivity index (χ1n) is 8.48. The molecule has 1 aromatic carbocycles. The molecule has 1 saturated heterocycles. The molecule has 0 aliphatic carbocycles. The van der Waals surface area contributed by atoms with Crippen molar-refractivity contribution in [2.24, 2.45) is 0 Å². The van der Waals surface area contributed by atoms with E-state index in [2.05, 4.69) is 15.3 Å². The van der Waals surface area contributed by atoms with Crippen LogP contribution in [0.3, 0.4) is 0 Å². The number of amides is 1. The van der Waals surface area contributed by atoms with Crippen LogP contribution in [-0.4, -0.2) is 40.2 Å². The van der Waals surface area contributed by atoms with Gasteiger partial charge in [0, 0.05) is 24.3 Å². The van der Waals surface area contributed by atoms with E-state index in [4.69, 9.17) is 11.6 Å². The number of hydrogen-bond donors (Lipinski definition) is 1. The second kappa shape index (κ2) is 7.81. The Kier molecular flexibility index (Phi) is 5.53. The molecule has 1 aromatic heterocycles. The van der Waals surface area contributed by atoms with Gasteiger partial charge in [0.25, 0.3) is 5.91 Å². The summed E-state index contributed by atoms with van der Waals surface area (Å²) in [5, 5.41) is 8.03. The van der Waals surface area contributed by atoms with Gasteiger partial charge in [-0.2, -0.15) is 5.10 Å². The van der Waals surface area contributed by atoms with Crippen molar-refractivity contribution in [2.75, 3.05) is 19.6 Å². The van der Waals surface area contributed by atoms with Gasteiger partial charge >= 0.3 is 0 Å². The van der Waals surface area contributed by atoms with Crippen molar-refractivity contribution >= 4 is 17.5 Å². The lowest BCUT2D eigenvalue weighted by Gasteiger charge is -2.28. The number of nitrogens with zero attached hydrogens (tertiary/aromatic N) is 3. The Morgan fingerprint density at radius 1 is 1.25 bits per heavy atom. The monoisotopic (exact) mass is 346 g/mol. The Morgan fingerprint density at radius 3 is 2.58 bits per heavy atom. The van der Waals surface area contributed by atoms with Crippen LogP contribution in [0.25, 0.3) is 0 Å². The van der Waals surface area contributed by atoms with Gasteiger partial charge in [0.15, 0.2) is 0 Å². The maximum absolute atomic E-state index is 12.4. The average Bonchev–Trinajstić information content (AvgIpc) is 3.28. The molecule has 24 heavy (non-hydrogen) atoms. The Hall–Kier alpha value is -1.85. The minimum atomic E-state index is -0.125. The normalized spacial score (nSPS) is 16.2. The second-order valence-corrected chi connectivity index (χ2v) is 6.51. The van der Waals surface area contributed by atoms with Crippen molar-refractivity contribution in [3.05, 3.63) is 52.8 Å². The van der Waals surface area contributed by atoms with Gasteiger partial charge in [0.05, 0.1) is 6.04 Å². The van der Waals surface area contributed by atoms with Gasteiger partial charge in [-0.05, 0) is 56.6 Å². The molecule has 0 unspecified atom stereocenters. The zero-order chi connectivity index (χ0) is 16.9. The summed E-state index contributed by atoms with van der Waals surface area (Å²) in [6.07, 6.45) is 4.24. The lowest BCUT2D eigenvalue weighted by molar-refractivity contribution is 0.0932. The van der Waals surface area contributed by atoms with E-state index in [1.54, 1.807) is 10.7 Å². The predicted molar refractivity (Wildman–Crippen MR) is 95.2 cm³/mol. The summed E-state index contributed by atoms with van der Waals surface area (Å²) in [5.74, 6) is -0.125. The summed E-state index contributed by atoms with van der Waals surface area (Å²) >= 11 is 6.01. The highest BCUT2D eigenvalue weighted by Crippen LogP contribution is 2.25. The predicted octanol–water partition coefficient (Wildman–Crippen LogP) is 3.12. The number of aryl methyl sites for hydroxylation is 1. The third kappa shape index (κ3) is 3.97. The van der Waals surface area contributed by atoms with Gasteiger partial charge in [0.2, 0.25) is 0 Å². The molecule has 1 fully saturated rings. The molecule has 2 aromatic rings. The number of benzene rings is 1. The van der Waals surface area contributed by atoms with Crippen LogP contribution < -0.4 is 5.32 Å². The maximum atomic E-state index is 12.4. The van der Waals surface area contributed by atoms with E-state index in [0.717, 1.165) is 24.7 Å². The molecule has 1 N–H and O–H groups in total. The van der Waals surface area contributed by atoms with E-state index in [0.29, 0.717) is 12.2 Å². The van der Waals surface area contributed by atoms with E-state index < -0.39 is 0 Å². The highest BCUT2D eigenvalue weighted by Gasteiger charge is 2.24. The van der Waals surface area contributed by atoms with Crippen LogP contribution in [0.4, 0.5) is 0 Å². The number of halogens is 1. The topological polar surface area (TPSA) is 50.2 Å². The van der Waals surface area contributed by atoms with Crippen LogP contribution in [0.15, 0.2) is 36.5 Å². The molecule has 0 saturated carbocycles. The van der Waals surface area contributed by atoms with Crippen LogP contribution in [0.1, 0.15) is 41.9 Å². The van der Waals surface area contributed by atoms with E-state index in [1.165, 1.54) is 18.4 Å². The van der Waals surface area contributed by atoms with E-state index in [-0.39, 0.29) is 11.9 Å². The van der Waals surface area contributed by atoms with Gasteiger partial charge in [-0.3, -0.25) is 14.4 Å². The summed E-state index contributed by atoms with van der Waals surface area (Å²) in [4.78, 5) is 14.8. The quantitative estimate of drug-likeness (QED) is 0.874. The number of carbonyl (C=O) groups excluding carboxylic acids is 1. The number of carbonyl (C=O) groups is 1. The highest BCUT2D eigenvalue weighted by atomic mass is 35.5. The lowest BCUT2D eigenvalue weighted by atomic mass is 10.1. The number of rotatable bonds is 6. The van der Waals surface area contributed by atoms with Crippen LogP contribution in [0, 0.1) is 0 Å². The fraction of sp³-hybridized carbons (Fsp3) is 0.444. The number of nitrogens with one attached hydrogen (secondary N) is 1. The standard InChI is InChI=1S/C18H23ClN4O/c1-2-23-12-9-16(21-23)18(24)20-13-17(22-10-3-4-11-22)14-5-7-15(19)8-6-14/h5-9,12,17H,2-4,10-11,13H2,1H3,(H,20,24)/t17-/m0/s1. The zero-order valence-electron chi connectivity index (χ0n) is 13.9. The maximum Gasteiger partial charge on any atom is 0.271 e. The fourth-order valence-electron chi connectivity index (χ4n) is 3.13. The molecule has 128 valence electrons. The largest absolute Gasteiger partial charge is 0.349 e. The van der Waals surface area contributed by atoms with Crippen molar-refractivity contribution in [1.29, 1.82) is 0 Å². The molecule has 3 rings (SSSR count). The lowest BCUT2D eigenvalue weighted by Crippen LogP contribution is -2.37. The zero-order valence-corrected chi connectivity index (χ0v) is 14.7. The van der Waals surface area contributed by atoms with Crippen molar-refractivity contribution < 1.29 is 4.79 Å². The second-order valence-electron chi connectivity index (χ2n) is 6.08. The molecule has 1 atom stereocenters. The number of aromatic nitrogens is 2. The first kappa shape index (κ1) is 17.0. The summed E-state index contributed by atoms with van der Waals surface area (Å²) < 4.78 is 1.76. The first-order chi connectivity index (χ1) is 11.7. The van der Waals surface area contributed by atoms with Crippen molar-refractivity contribution in [1.82, 2.24) is 20.0 Å². The molecule has 1 aliphatic rings. The Labute approximate surface area is 147 Å². The molecule has 0 radical (unpaired) electrons. The summed E-state index contributed by atoms with van der Waals surface area (Å²) in [6.45, 7) is 5.45. The van der Waals surface area contributed by atoms with Gasteiger partial charge in [-0.25, -0.2) is 0 Å². The van der Waals surface area contributed by atoms with Gasteiger partial charge in [0.1, 0.15) is 5.69 Å². The molecular formula is C18H23ClN4O. The molecule has 1 aliphatic heterocycles. The smallest absolute Gasteiger partial charge is 0.271 e. The third-order valence-corrected chi connectivity index (χ3v) is 4.74. The molecule has 0 bridgehead atoms. The summed E-state index contributed by atoms with van der Waals surface area (Å²) in [7, 11) is 0. The Morgan fingerprint density at radius 2 is 1.96 bits per heavy atom. The minimum Gasteiger partial charge on any atom is -0.349 e. The average molecular weight is 347 g/mol. The minimum absolute atomic E-state index is 0.125. The van der Waals surface area contributed by atoms with E-state index in [1.807, 2.05) is 37.4 Å². The van der Waals surface area contributed by atoms with E-state index >= 15 is 0 Å². The van der Waals surface area contributed by atoms with Crippen LogP contribution >= 0.6 is 11.6 Å². The Bertz CT molecular complexity index is 677. The van der Waals surface area contributed by atoms with Crippen LogP contribution in [0.2, 0.25) is 5.02 Å². The third-order valence-electron chi connectivity index (χ3n) is 4.49. The van der Waals surface area contributed by atoms with Crippen LogP contribution in [-0.2, 0) is 6.54 Å². The van der Waals surface area contributed by atoms with Crippen LogP contribution in [0.5, 0.6) is 0 Å². The van der Waals surface area contributed by atoms with Crippen molar-refractivity contribution in [2.45, 2.75) is 32.4 Å². The fourth-order valence-corrected chi connectivity index (χ4v) is 3.26. The van der Waals surface area contributed by atoms with Gasteiger partial charge in [-0.15, -0.1) is 0 Å². The van der Waals surface area contributed by atoms with Gasteiger partial charge < -0.3 is 5.32 Å². The molecule has 2 heterocycles. The number of likely N-dealkylation sites (tertiary alicyclic amines) is 1. The van der Waals surface area contributed by atoms with Gasteiger partial charge in [-0.1, -0.05) is 23.7 Å². The Balaban J connectivity index is 1.69. The molecule has 5 nitrogen and oxygen atoms in total. The first-order valence-corrected chi connectivity index (χ1v) is 8.86. The highest BCUT2D eigenvalue weighted by molar-refractivity contribution is 6.30. The van der Waals surface area contributed by atoms with Crippen molar-refractivity contribution in [3.63, 3.8) is 0 Å². The molecule has 1 amide bonds.